The molecule has 10 nitrogen and oxygen atoms in total. The zero-order chi connectivity index (χ0) is 32.5. The number of likely N-dealkylation sites (tertiary alicyclic amines) is 1. The number of esters is 1. The Morgan fingerprint density at radius 1 is 1.04 bits per heavy atom. The van der Waals surface area contributed by atoms with Crippen molar-refractivity contribution >= 4 is 50.1 Å². The van der Waals surface area contributed by atoms with Crippen molar-refractivity contribution in [1.29, 1.82) is 5.26 Å². The predicted octanol–water partition coefficient (Wildman–Crippen LogP) is 6.14. The van der Waals surface area contributed by atoms with E-state index in [1.54, 1.807) is 36.1 Å². The first-order chi connectivity index (χ1) is 21.3. The molecule has 12 heteroatoms. The lowest BCUT2D eigenvalue weighted by molar-refractivity contribution is -0.139. The van der Waals surface area contributed by atoms with E-state index in [-0.39, 0.29) is 23.8 Å². The quantitative estimate of drug-likeness (QED) is 0.278. The third-order valence-electron chi connectivity index (χ3n) is 7.74. The van der Waals surface area contributed by atoms with Gasteiger partial charge in [-0.2, -0.15) is 5.26 Å². The molecule has 0 N–H and O–H groups in total. The van der Waals surface area contributed by atoms with Gasteiger partial charge in [0.05, 0.1) is 35.0 Å². The lowest BCUT2D eigenvalue weighted by atomic mass is 9.98. The van der Waals surface area contributed by atoms with E-state index in [0.717, 1.165) is 10.8 Å². The number of hydrogen-bond donors (Lipinski definition) is 0. The largest absolute Gasteiger partial charge is 0.489 e. The smallest absolute Gasteiger partial charge is 0.410 e. The molecule has 0 spiro atoms. The predicted molar refractivity (Wildman–Crippen MR) is 171 cm³/mol. The van der Waals surface area contributed by atoms with E-state index >= 15 is 0 Å². The highest BCUT2D eigenvalue weighted by molar-refractivity contribution is 7.93. The van der Waals surface area contributed by atoms with Crippen LogP contribution in [0.25, 0.3) is 10.8 Å². The number of rotatable bonds is 7. The van der Waals surface area contributed by atoms with Crippen molar-refractivity contribution in [1.82, 2.24) is 4.90 Å². The number of amides is 1. The standard InChI is InChI=1S/C33H36ClN3O7S/c1-5-42-31(38)20-45(40,41)37-28(23-9-8-22-7-6-21(19-35)14-24(22)15-23)16-25-17-30(27(34)18-29(25)37)43-26-10-12-36(13-11-26)32(39)44-33(2,3)4/h6-9,14-15,17-18,26,28H,5,10-13,16,20H2,1-4H3. The lowest BCUT2D eigenvalue weighted by Gasteiger charge is -2.33. The highest BCUT2D eigenvalue weighted by Crippen LogP contribution is 2.47. The summed E-state index contributed by atoms with van der Waals surface area (Å²) in [5.74, 6) is -1.24. The number of anilines is 1. The van der Waals surface area contributed by atoms with E-state index in [9.17, 15) is 23.3 Å². The summed E-state index contributed by atoms with van der Waals surface area (Å²) in [6.07, 6.45) is 0.916. The molecule has 1 amide bonds. The molecule has 1 saturated heterocycles. The number of benzene rings is 3. The summed E-state index contributed by atoms with van der Waals surface area (Å²) in [6.45, 7) is 8.10. The average Bonchev–Trinajstić information content (AvgIpc) is 3.35. The topological polar surface area (TPSA) is 126 Å². The molecule has 45 heavy (non-hydrogen) atoms. The van der Waals surface area contributed by atoms with Crippen molar-refractivity contribution in [3.63, 3.8) is 0 Å². The molecule has 0 bridgehead atoms. The van der Waals surface area contributed by atoms with Crippen LogP contribution in [-0.2, 0) is 30.7 Å². The zero-order valence-electron chi connectivity index (χ0n) is 25.7. The van der Waals surface area contributed by atoms with Crippen LogP contribution in [0.1, 0.15) is 63.3 Å². The molecule has 1 fully saturated rings. The minimum Gasteiger partial charge on any atom is -0.489 e. The molecule has 0 saturated carbocycles. The Bertz CT molecular complexity index is 1770. The molecule has 3 aromatic rings. The van der Waals surface area contributed by atoms with Crippen molar-refractivity contribution in [3.8, 4) is 11.8 Å². The molecule has 5 rings (SSSR count). The maximum absolute atomic E-state index is 13.8. The molecule has 2 heterocycles. The Morgan fingerprint density at radius 3 is 2.42 bits per heavy atom. The number of sulfonamides is 1. The van der Waals surface area contributed by atoms with E-state index in [2.05, 4.69) is 6.07 Å². The van der Waals surface area contributed by atoms with Crippen LogP contribution in [0.5, 0.6) is 5.75 Å². The van der Waals surface area contributed by atoms with Gasteiger partial charge in [0.1, 0.15) is 17.5 Å². The molecular formula is C33H36ClN3O7S. The average molecular weight is 654 g/mol. The molecular weight excluding hydrogens is 618 g/mol. The van der Waals surface area contributed by atoms with Gasteiger partial charge in [0.2, 0.25) is 10.0 Å². The monoisotopic (exact) mass is 653 g/mol. The van der Waals surface area contributed by atoms with Crippen molar-refractivity contribution in [3.05, 3.63) is 70.2 Å². The Morgan fingerprint density at radius 2 is 1.76 bits per heavy atom. The van der Waals surface area contributed by atoms with Crippen molar-refractivity contribution < 1.29 is 32.2 Å². The summed E-state index contributed by atoms with van der Waals surface area (Å²) in [5.41, 5.74) is 1.68. The number of hydrogen-bond acceptors (Lipinski definition) is 8. The summed E-state index contributed by atoms with van der Waals surface area (Å²) in [6, 6.07) is 15.8. The van der Waals surface area contributed by atoms with E-state index < -0.39 is 33.4 Å². The molecule has 2 aliphatic rings. The minimum atomic E-state index is -4.18. The van der Waals surface area contributed by atoms with Crippen LogP contribution >= 0.6 is 11.6 Å². The van der Waals surface area contributed by atoms with Gasteiger partial charge in [0, 0.05) is 32.4 Å². The number of nitrogens with zero attached hydrogens (tertiary/aromatic N) is 3. The van der Waals surface area contributed by atoms with Gasteiger partial charge >= 0.3 is 12.1 Å². The van der Waals surface area contributed by atoms with Gasteiger partial charge in [0.15, 0.2) is 5.75 Å². The van der Waals surface area contributed by atoms with Crippen molar-refractivity contribution in [2.45, 2.75) is 64.7 Å². The first-order valence-electron chi connectivity index (χ1n) is 14.9. The Kier molecular flexibility index (Phi) is 9.19. The second-order valence-electron chi connectivity index (χ2n) is 12.2. The zero-order valence-corrected chi connectivity index (χ0v) is 27.3. The number of carbonyl (C=O) groups excluding carboxylic acids is 2. The summed E-state index contributed by atoms with van der Waals surface area (Å²) >= 11 is 6.70. The van der Waals surface area contributed by atoms with Crippen molar-refractivity contribution in [2.24, 2.45) is 0 Å². The first-order valence-corrected chi connectivity index (χ1v) is 16.8. The fourth-order valence-electron chi connectivity index (χ4n) is 5.73. The first kappa shape index (κ1) is 32.4. The van der Waals surface area contributed by atoms with Crippen molar-refractivity contribution in [2.75, 3.05) is 29.8 Å². The summed E-state index contributed by atoms with van der Waals surface area (Å²) < 4.78 is 45.6. The van der Waals surface area contributed by atoms with Crippen LogP contribution in [0, 0.1) is 11.3 Å². The van der Waals surface area contributed by atoms with Gasteiger partial charge in [-0.15, -0.1) is 0 Å². The fourth-order valence-corrected chi connectivity index (χ4v) is 7.50. The molecule has 0 aromatic heterocycles. The molecule has 0 aliphatic carbocycles. The van der Waals surface area contributed by atoms with Crippen LogP contribution in [-0.4, -0.2) is 62.5 Å². The Labute approximate surface area is 268 Å². The van der Waals surface area contributed by atoms with Gasteiger partial charge < -0.3 is 19.1 Å². The Balaban J connectivity index is 1.43. The summed E-state index contributed by atoms with van der Waals surface area (Å²) in [5, 5.41) is 11.3. The molecule has 238 valence electrons. The van der Waals surface area contributed by atoms with E-state index in [1.165, 1.54) is 4.31 Å². The van der Waals surface area contributed by atoms with Crippen LogP contribution in [0.3, 0.4) is 0 Å². The third-order valence-corrected chi connectivity index (χ3v) is 9.68. The normalized spacial score (nSPS) is 17.1. The minimum absolute atomic E-state index is 0.0590. The van der Waals surface area contributed by atoms with Crippen LogP contribution in [0.4, 0.5) is 10.5 Å². The van der Waals surface area contributed by atoms with Crippen LogP contribution < -0.4 is 9.04 Å². The number of carbonyl (C=O) groups is 2. The molecule has 0 radical (unpaired) electrons. The molecule has 1 unspecified atom stereocenters. The highest BCUT2D eigenvalue weighted by atomic mass is 35.5. The summed E-state index contributed by atoms with van der Waals surface area (Å²) in [7, 11) is -4.18. The second kappa shape index (κ2) is 12.8. The molecule has 1 atom stereocenters. The summed E-state index contributed by atoms with van der Waals surface area (Å²) in [4.78, 5) is 26.5. The van der Waals surface area contributed by atoms with Gasteiger partial charge in [-0.25, -0.2) is 13.2 Å². The maximum Gasteiger partial charge on any atom is 0.410 e. The lowest BCUT2D eigenvalue weighted by Crippen LogP contribution is -2.44. The third kappa shape index (κ3) is 7.29. The number of ether oxygens (including phenoxy) is 3. The number of halogens is 1. The SMILES string of the molecule is CCOC(=O)CS(=O)(=O)N1c2cc(Cl)c(OC3CCN(C(=O)OC(C)(C)C)CC3)cc2CC1c1ccc2ccc(C#N)cc2c1. The second-order valence-corrected chi connectivity index (χ2v) is 14.5. The fraction of sp³-hybridized carbons (Fsp3) is 0.424. The molecule has 3 aromatic carbocycles. The van der Waals surface area contributed by atoms with Gasteiger partial charge in [-0.05, 0) is 79.9 Å². The van der Waals surface area contributed by atoms with Gasteiger partial charge in [-0.3, -0.25) is 9.10 Å². The van der Waals surface area contributed by atoms with E-state index in [4.69, 9.17) is 25.8 Å². The van der Waals surface area contributed by atoms with Crippen LogP contribution in [0.2, 0.25) is 5.02 Å². The molecule has 2 aliphatic heterocycles. The number of piperidine rings is 1. The Hall–Kier alpha value is -4.01. The highest BCUT2D eigenvalue weighted by Gasteiger charge is 2.41. The van der Waals surface area contributed by atoms with E-state index in [0.29, 0.717) is 60.5 Å². The van der Waals surface area contributed by atoms with Gasteiger partial charge in [0.25, 0.3) is 0 Å². The van der Waals surface area contributed by atoms with Crippen LogP contribution in [0.15, 0.2) is 48.5 Å². The number of nitriles is 1. The van der Waals surface area contributed by atoms with E-state index in [1.807, 2.05) is 45.0 Å². The number of fused-ring (bicyclic) bond motifs is 2. The van der Waals surface area contributed by atoms with Gasteiger partial charge in [-0.1, -0.05) is 29.8 Å². The maximum atomic E-state index is 13.8.